The van der Waals surface area contributed by atoms with Crippen molar-refractivity contribution in [2.24, 2.45) is 0 Å². The third-order valence-electron chi connectivity index (χ3n) is 1.84. The summed E-state index contributed by atoms with van der Waals surface area (Å²) in [7, 11) is 1.65. The molecule has 0 amide bonds. The van der Waals surface area contributed by atoms with Gasteiger partial charge in [-0.25, -0.2) is 4.39 Å². The zero-order valence-corrected chi connectivity index (χ0v) is 9.18. The minimum Gasteiger partial charge on any atom is -0.505 e. The molecular formula is C9H11BrFNO2. The van der Waals surface area contributed by atoms with E-state index in [0.29, 0.717) is 4.47 Å². The van der Waals surface area contributed by atoms with Gasteiger partial charge in [0.2, 0.25) is 0 Å². The van der Waals surface area contributed by atoms with Gasteiger partial charge in [-0.15, -0.1) is 0 Å². The number of aromatic hydroxyl groups is 1. The van der Waals surface area contributed by atoms with Crippen LogP contribution in [0.3, 0.4) is 0 Å². The highest BCUT2D eigenvalue weighted by Gasteiger charge is 2.18. The Morgan fingerprint density at radius 1 is 1.57 bits per heavy atom. The lowest BCUT2D eigenvalue weighted by atomic mass is 10.1. The second-order valence-electron chi connectivity index (χ2n) is 2.87. The number of rotatable bonds is 3. The summed E-state index contributed by atoms with van der Waals surface area (Å²) in [4.78, 5) is 0. The normalized spacial score (nSPS) is 12.9. The van der Waals surface area contributed by atoms with Gasteiger partial charge < -0.3 is 15.5 Å². The monoisotopic (exact) mass is 263 g/mol. The van der Waals surface area contributed by atoms with Crippen LogP contribution in [0.25, 0.3) is 0 Å². The van der Waals surface area contributed by atoms with Crippen LogP contribution in [0, 0.1) is 5.82 Å². The molecule has 1 unspecified atom stereocenters. The summed E-state index contributed by atoms with van der Waals surface area (Å²) in [6.07, 6.45) is -0.985. The highest BCUT2D eigenvalue weighted by atomic mass is 79.9. The summed E-state index contributed by atoms with van der Waals surface area (Å²) in [6, 6.07) is 2.72. The van der Waals surface area contributed by atoms with E-state index in [1.54, 1.807) is 7.05 Å². The van der Waals surface area contributed by atoms with Gasteiger partial charge in [-0.1, -0.05) is 15.9 Å². The Balaban J connectivity index is 3.11. The van der Waals surface area contributed by atoms with Gasteiger partial charge in [0, 0.05) is 16.6 Å². The Hall–Kier alpha value is -0.650. The Morgan fingerprint density at radius 3 is 2.79 bits per heavy atom. The fraction of sp³-hybridized carbons (Fsp3) is 0.333. The predicted octanol–water partition coefficient (Wildman–Crippen LogP) is 1.55. The Bertz CT molecular complexity index is 333. The van der Waals surface area contributed by atoms with E-state index in [4.69, 9.17) is 5.11 Å². The van der Waals surface area contributed by atoms with E-state index in [-0.39, 0.29) is 12.1 Å². The molecule has 0 aliphatic heterocycles. The lowest BCUT2D eigenvalue weighted by molar-refractivity contribution is 0.171. The van der Waals surface area contributed by atoms with Gasteiger partial charge in [0.25, 0.3) is 0 Å². The van der Waals surface area contributed by atoms with Crippen LogP contribution < -0.4 is 5.32 Å². The van der Waals surface area contributed by atoms with Gasteiger partial charge in [-0.2, -0.15) is 0 Å². The number of aliphatic hydroxyl groups excluding tert-OH is 1. The fourth-order valence-corrected chi connectivity index (χ4v) is 1.73. The molecular weight excluding hydrogens is 253 g/mol. The van der Waals surface area contributed by atoms with Crippen LogP contribution in [-0.2, 0) is 0 Å². The second-order valence-corrected chi connectivity index (χ2v) is 3.72. The molecule has 0 heterocycles. The fourth-order valence-electron chi connectivity index (χ4n) is 1.16. The molecule has 3 nitrogen and oxygen atoms in total. The van der Waals surface area contributed by atoms with E-state index in [1.807, 2.05) is 0 Å². The predicted molar refractivity (Wildman–Crippen MR) is 54.7 cm³/mol. The minimum atomic E-state index is -0.985. The molecule has 0 saturated heterocycles. The van der Waals surface area contributed by atoms with Gasteiger partial charge in [-0.05, 0) is 19.2 Å². The maximum atomic E-state index is 13.4. The molecule has 0 aromatic heterocycles. The van der Waals surface area contributed by atoms with Gasteiger partial charge in [0.1, 0.15) is 0 Å². The first-order chi connectivity index (χ1) is 6.57. The van der Waals surface area contributed by atoms with Gasteiger partial charge in [0.15, 0.2) is 11.6 Å². The summed E-state index contributed by atoms with van der Waals surface area (Å²) in [5.74, 6) is -1.25. The van der Waals surface area contributed by atoms with Crippen LogP contribution in [-0.4, -0.2) is 23.8 Å². The molecule has 78 valence electrons. The highest BCUT2D eigenvalue weighted by molar-refractivity contribution is 9.10. The molecule has 0 radical (unpaired) electrons. The molecule has 14 heavy (non-hydrogen) atoms. The number of phenols is 1. The summed E-state index contributed by atoms with van der Waals surface area (Å²) < 4.78 is 13.8. The SMILES string of the molecule is CNCC(O)c1c(Br)ccc(O)c1F. The molecule has 1 rings (SSSR count). The quantitative estimate of drug-likeness (QED) is 0.776. The van der Waals surface area contributed by atoms with Crippen molar-refractivity contribution in [1.82, 2.24) is 5.32 Å². The third-order valence-corrected chi connectivity index (χ3v) is 2.53. The molecule has 5 heteroatoms. The maximum Gasteiger partial charge on any atom is 0.171 e. The average Bonchev–Trinajstić information content (AvgIpc) is 2.13. The standard InChI is InChI=1S/C9H11BrFNO2/c1-12-4-7(14)8-5(10)2-3-6(13)9(8)11/h2-3,7,12-14H,4H2,1H3. The van der Waals surface area contributed by atoms with Crippen LogP contribution in [0.5, 0.6) is 5.75 Å². The van der Waals surface area contributed by atoms with E-state index in [9.17, 15) is 9.50 Å². The molecule has 0 bridgehead atoms. The number of halogens is 2. The molecule has 0 saturated carbocycles. The minimum absolute atomic E-state index is 0.0688. The summed E-state index contributed by atoms with van der Waals surface area (Å²) in [6.45, 7) is 0.221. The number of benzene rings is 1. The van der Waals surface area contributed by atoms with E-state index in [1.165, 1.54) is 12.1 Å². The Morgan fingerprint density at radius 2 is 2.21 bits per heavy atom. The lowest BCUT2D eigenvalue weighted by Gasteiger charge is -2.13. The average molecular weight is 264 g/mol. The van der Waals surface area contributed by atoms with E-state index in [2.05, 4.69) is 21.2 Å². The number of hydrogen-bond acceptors (Lipinski definition) is 3. The number of nitrogens with one attached hydrogen (secondary N) is 1. The Labute approximate surface area is 89.7 Å². The van der Waals surface area contributed by atoms with Crippen molar-refractivity contribution in [1.29, 1.82) is 0 Å². The van der Waals surface area contributed by atoms with Crippen molar-refractivity contribution in [3.05, 3.63) is 28.0 Å². The van der Waals surface area contributed by atoms with E-state index in [0.717, 1.165) is 0 Å². The zero-order chi connectivity index (χ0) is 10.7. The topological polar surface area (TPSA) is 52.5 Å². The van der Waals surface area contributed by atoms with Gasteiger partial charge >= 0.3 is 0 Å². The van der Waals surface area contributed by atoms with Crippen molar-refractivity contribution in [2.45, 2.75) is 6.10 Å². The lowest BCUT2D eigenvalue weighted by Crippen LogP contribution is -2.18. The molecule has 3 N–H and O–H groups in total. The number of phenolic OH excluding ortho intramolecular Hbond substituents is 1. The van der Waals surface area contributed by atoms with Crippen LogP contribution in [0.1, 0.15) is 11.7 Å². The van der Waals surface area contributed by atoms with Crippen molar-refractivity contribution >= 4 is 15.9 Å². The molecule has 0 aliphatic carbocycles. The Kier molecular flexibility index (Phi) is 3.86. The summed E-state index contributed by atoms with van der Waals surface area (Å²) >= 11 is 3.11. The molecule has 1 aromatic carbocycles. The van der Waals surface area contributed by atoms with Gasteiger partial charge in [-0.3, -0.25) is 0 Å². The smallest absolute Gasteiger partial charge is 0.171 e. The van der Waals surface area contributed by atoms with Crippen LogP contribution in [0.15, 0.2) is 16.6 Å². The van der Waals surface area contributed by atoms with Crippen LogP contribution >= 0.6 is 15.9 Å². The highest BCUT2D eigenvalue weighted by Crippen LogP contribution is 2.31. The number of aliphatic hydroxyl groups is 1. The van der Waals surface area contributed by atoms with Crippen LogP contribution in [0.2, 0.25) is 0 Å². The van der Waals surface area contributed by atoms with Crippen molar-refractivity contribution in [2.75, 3.05) is 13.6 Å². The number of likely N-dealkylation sites (N-methyl/N-ethyl adjacent to an activating group) is 1. The van der Waals surface area contributed by atoms with Crippen molar-refractivity contribution in [3.63, 3.8) is 0 Å². The molecule has 0 fully saturated rings. The molecule has 0 spiro atoms. The van der Waals surface area contributed by atoms with Gasteiger partial charge in [0.05, 0.1) is 6.10 Å². The van der Waals surface area contributed by atoms with Crippen molar-refractivity contribution < 1.29 is 14.6 Å². The summed E-state index contributed by atoms with van der Waals surface area (Å²) in [5, 5.41) is 21.4. The molecule has 1 atom stereocenters. The molecule has 1 aromatic rings. The maximum absolute atomic E-state index is 13.4. The summed E-state index contributed by atoms with van der Waals surface area (Å²) in [5.41, 5.74) is 0.0688. The first kappa shape index (κ1) is 11.4. The van der Waals surface area contributed by atoms with E-state index >= 15 is 0 Å². The number of hydrogen-bond donors (Lipinski definition) is 3. The molecule has 0 aliphatic rings. The van der Waals surface area contributed by atoms with Crippen molar-refractivity contribution in [3.8, 4) is 5.75 Å². The third kappa shape index (κ3) is 2.23. The zero-order valence-electron chi connectivity index (χ0n) is 7.59. The van der Waals surface area contributed by atoms with E-state index < -0.39 is 17.7 Å². The second kappa shape index (κ2) is 4.72. The largest absolute Gasteiger partial charge is 0.505 e. The van der Waals surface area contributed by atoms with Crippen LogP contribution in [0.4, 0.5) is 4.39 Å². The first-order valence-corrected chi connectivity index (χ1v) is 4.86. The first-order valence-electron chi connectivity index (χ1n) is 4.07.